The Morgan fingerprint density at radius 2 is 1.91 bits per heavy atom. The van der Waals surface area contributed by atoms with Crippen LogP contribution in [0.15, 0.2) is 48.5 Å². The minimum Gasteiger partial charge on any atom is -0.387 e. The molecular formula is C27H34N4O3. The Bertz CT molecular complexity index is 1100. The molecule has 1 aliphatic heterocycles. The number of nitrogens with one attached hydrogen (secondary N) is 3. The molecule has 2 aromatic rings. The van der Waals surface area contributed by atoms with Gasteiger partial charge in [-0.05, 0) is 55.5 Å². The zero-order chi connectivity index (χ0) is 24.7. The number of nitrogens with zero attached hydrogens (tertiary/aromatic N) is 1. The van der Waals surface area contributed by atoms with Crippen molar-refractivity contribution in [3.8, 4) is 0 Å². The minimum atomic E-state index is -1.07. The van der Waals surface area contributed by atoms with E-state index in [4.69, 9.17) is 5.41 Å². The van der Waals surface area contributed by atoms with Gasteiger partial charge in [-0.1, -0.05) is 50.2 Å². The number of carbonyl (C=O) groups is 2. The number of rotatable bonds is 6. The molecule has 1 heterocycles. The smallest absolute Gasteiger partial charge is 0.251 e. The number of aliphatic hydroxyl groups is 1. The van der Waals surface area contributed by atoms with Crippen LogP contribution in [-0.4, -0.2) is 38.9 Å². The molecule has 0 aromatic heterocycles. The van der Waals surface area contributed by atoms with Crippen LogP contribution in [0.25, 0.3) is 0 Å². The number of benzene rings is 2. The molecule has 7 nitrogen and oxygen atoms in total. The summed E-state index contributed by atoms with van der Waals surface area (Å²) in [6.45, 7) is 7.66. The normalized spacial score (nSPS) is 24.4. The average Bonchev–Trinajstić information content (AvgIpc) is 3.07. The maximum atomic E-state index is 13.2. The second kappa shape index (κ2) is 8.87. The summed E-state index contributed by atoms with van der Waals surface area (Å²) in [6, 6.07) is 14.0. The van der Waals surface area contributed by atoms with E-state index in [-0.39, 0.29) is 23.3 Å². The van der Waals surface area contributed by atoms with Crippen LogP contribution in [0.4, 0.5) is 0 Å². The highest BCUT2D eigenvalue weighted by atomic mass is 16.3. The molecule has 1 aliphatic carbocycles. The van der Waals surface area contributed by atoms with Gasteiger partial charge >= 0.3 is 0 Å². The van der Waals surface area contributed by atoms with Crippen LogP contribution in [0.5, 0.6) is 0 Å². The Balaban J connectivity index is 1.54. The van der Waals surface area contributed by atoms with Crippen molar-refractivity contribution in [2.75, 3.05) is 0 Å². The summed E-state index contributed by atoms with van der Waals surface area (Å²) < 4.78 is 0. The lowest BCUT2D eigenvalue weighted by molar-refractivity contribution is -0.132. The zero-order valence-corrected chi connectivity index (χ0v) is 20.3. The first kappa shape index (κ1) is 24.0. The van der Waals surface area contributed by atoms with E-state index in [1.54, 1.807) is 25.1 Å². The molecule has 0 spiro atoms. The Labute approximate surface area is 201 Å². The van der Waals surface area contributed by atoms with E-state index < -0.39 is 17.7 Å². The summed E-state index contributed by atoms with van der Waals surface area (Å²) >= 11 is 0. The van der Waals surface area contributed by atoms with Gasteiger partial charge in [-0.25, -0.2) is 0 Å². The molecule has 2 aliphatic rings. The van der Waals surface area contributed by atoms with Crippen LogP contribution >= 0.6 is 0 Å². The first-order chi connectivity index (χ1) is 16.1. The van der Waals surface area contributed by atoms with Gasteiger partial charge < -0.3 is 15.7 Å². The van der Waals surface area contributed by atoms with Crippen LogP contribution in [0.1, 0.15) is 86.1 Å². The fourth-order valence-electron chi connectivity index (χ4n) is 5.28. The van der Waals surface area contributed by atoms with Gasteiger partial charge in [0, 0.05) is 17.5 Å². The molecule has 3 atom stereocenters. The van der Waals surface area contributed by atoms with Crippen LogP contribution in [0, 0.1) is 5.41 Å². The first-order valence-corrected chi connectivity index (χ1v) is 12.0. The first-order valence-electron chi connectivity index (χ1n) is 12.0. The van der Waals surface area contributed by atoms with Crippen molar-refractivity contribution in [2.24, 2.45) is 0 Å². The number of fused-ring (bicyclic) bond motifs is 1. The van der Waals surface area contributed by atoms with Gasteiger partial charge in [0.1, 0.15) is 0 Å². The van der Waals surface area contributed by atoms with Crippen molar-refractivity contribution >= 4 is 17.8 Å². The van der Waals surface area contributed by atoms with Gasteiger partial charge in [0.05, 0.1) is 24.1 Å². The molecule has 34 heavy (non-hydrogen) atoms. The van der Waals surface area contributed by atoms with E-state index in [2.05, 4.69) is 10.6 Å². The summed E-state index contributed by atoms with van der Waals surface area (Å²) in [5.41, 5.74) is 1.73. The predicted molar refractivity (Wildman–Crippen MR) is 131 cm³/mol. The lowest BCUT2D eigenvalue weighted by Gasteiger charge is -2.44. The summed E-state index contributed by atoms with van der Waals surface area (Å²) in [7, 11) is 0. The highest BCUT2D eigenvalue weighted by molar-refractivity contribution is 6.00. The molecule has 0 bridgehead atoms. The third-order valence-electron chi connectivity index (χ3n) is 7.57. The van der Waals surface area contributed by atoms with Crippen molar-refractivity contribution in [3.63, 3.8) is 0 Å². The monoisotopic (exact) mass is 462 g/mol. The van der Waals surface area contributed by atoms with Gasteiger partial charge in [0.2, 0.25) is 5.91 Å². The molecular weight excluding hydrogens is 428 g/mol. The molecule has 1 fully saturated rings. The highest BCUT2D eigenvalue weighted by Gasteiger charge is 2.43. The van der Waals surface area contributed by atoms with Crippen molar-refractivity contribution in [1.82, 2.24) is 15.5 Å². The lowest BCUT2D eigenvalue weighted by Crippen LogP contribution is -2.62. The average molecular weight is 463 g/mol. The molecule has 2 aromatic carbocycles. The summed E-state index contributed by atoms with van der Waals surface area (Å²) in [5, 5.41) is 25.7. The maximum absolute atomic E-state index is 13.2. The Hall–Kier alpha value is -3.19. The summed E-state index contributed by atoms with van der Waals surface area (Å²) in [4.78, 5) is 27.7. The largest absolute Gasteiger partial charge is 0.387 e. The number of hydrogen-bond acceptors (Lipinski definition) is 4. The zero-order valence-electron chi connectivity index (χ0n) is 20.3. The fourth-order valence-corrected chi connectivity index (χ4v) is 5.28. The van der Waals surface area contributed by atoms with Gasteiger partial charge in [-0.2, -0.15) is 0 Å². The van der Waals surface area contributed by atoms with Gasteiger partial charge in [-0.15, -0.1) is 0 Å². The molecule has 180 valence electrons. The van der Waals surface area contributed by atoms with E-state index in [1.807, 2.05) is 51.1 Å². The summed E-state index contributed by atoms with van der Waals surface area (Å²) in [5.74, 6) is -0.278. The lowest BCUT2D eigenvalue weighted by atomic mass is 9.86. The van der Waals surface area contributed by atoms with Gasteiger partial charge in [-0.3, -0.25) is 19.9 Å². The minimum absolute atomic E-state index is 0.0894. The SMILES string of the molecule is CCC1(CC)CC(=O)N([C@H](C)c2cccc(C(=O)N[C@@H]3c4ccccc4C[C@]3(C)O)c2)C(=N)N1. The third-order valence-corrected chi connectivity index (χ3v) is 7.57. The fraction of sp³-hybridized carbons (Fsp3) is 0.444. The van der Waals surface area contributed by atoms with E-state index in [0.29, 0.717) is 18.4 Å². The predicted octanol–water partition coefficient (Wildman–Crippen LogP) is 3.84. The van der Waals surface area contributed by atoms with E-state index >= 15 is 0 Å². The van der Waals surface area contributed by atoms with Crippen molar-refractivity contribution < 1.29 is 14.7 Å². The molecule has 7 heteroatoms. The van der Waals surface area contributed by atoms with Gasteiger partial charge in [0.15, 0.2) is 5.96 Å². The Morgan fingerprint density at radius 1 is 1.21 bits per heavy atom. The van der Waals surface area contributed by atoms with Gasteiger partial charge in [0.25, 0.3) is 5.91 Å². The molecule has 4 rings (SSSR count). The van der Waals surface area contributed by atoms with Crippen molar-refractivity contribution in [2.45, 2.75) is 76.6 Å². The quantitative estimate of drug-likeness (QED) is 0.523. The molecule has 2 amide bonds. The number of amides is 2. The Kier molecular flexibility index (Phi) is 6.25. The summed E-state index contributed by atoms with van der Waals surface area (Å²) in [6.07, 6.45) is 2.35. The molecule has 1 saturated heterocycles. The highest BCUT2D eigenvalue weighted by Crippen LogP contribution is 2.39. The second-order valence-electron chi connectivity index (χ2n) is 9.84. The molecule has 0 unspecified atom stereocenters. The number of carbonyl (C=O) groups excluding carboxylic acids is 2. The van der Waals surface area contributed by atoms with E-state index in [9.17, 15) is 14.7 Å². The molecule has 0 saturated carbocycles. The maximum Gasteiger partial charge on any atom is 0.251 e. The van der Waals surface area contributed by atoms with E-state index in [0.717, 1.165) is 29.5 Å². The topological polar surface area (TPSA) is 106 Å². The van der Waals surface area contributed by atoms with Crippen LogP contribution in [0.2, 0.25) is 0 Å². The van der Waals surface area contributed by atoms with Crippen LogP contribution < -0.4 is 10.6 Å². The van der Waals surface area contributed by atoms with Crippen molar-refractivity contribution in [1.29, 1.82) is 5.41 Å². The molecule has 4 N–H and O–H groups in total. The number of hydrogen-bond donors (Lipinski definition) is 4. The Morgan fingerprint density at radius 3 is 2.59 bits per heavy atom. The van der Waals surface area contributed by atoms with Crippen LogP contribution in [0.3, 0.4) is 0 Å². The van der Waals surface area contributed by atoms with Crippen LogP contribution in [-0.2, 0) is 11.2 Å². The van der Waals surface area contributed by atoms with E-state index in [1.165, 1.54) is 4.90 Å². The third kappa shape index (κ3) is 4.20. The second-order valence-corrected chi connectivity index (χ2v) is 9.84. The standard InChI is InChI=1S/C27H34N4O3/c1-5-27(6-2)16-22(32)31(25(28)30-27)17(3)18-11-9-12-19(14-18)24(33)29-23-21-13-8-7-10-20(21)15-26(23,4)34/h7-14,17,23,34H,5-6,15-16H2,1-4H3,(H2,28,30)(H,29,33)/t17-,23-,26+/m1/s1. The van der Waals surface area contributed by atoms with Crippen molar-refractivity contribution in [3.05, 3.63) is 70.8 Å². The molecule has 0 radical (unpaired) electrons. The number of guanidine groups is 1.